The van der Waals surface area contributed by atoms with E-state index < -0.39 is 0 Å². The van der Waals surface area contributed by atoms with Gasteiger partial charge in [-0.1, -0.05) is 12.1 Å². The van der Waals surface area contributed by atoms with Crippen molar-refractivity contribution in [2.45, 2.75) is 6.42 Å². The van der Waals surface area contributed by atoms with Crippen LogP contribution in [0, 0.1) is 11.3 Å². The molecule has 0 atom stereocenters. The van der Waals surface area contributed by atoms with Gasteiger partial charge in [-0.05, 0) is 53.1 Å². The number of nitrogens with one attached hydrogen (secondary N) is 1. The van der Waals surface area contributed by atoms with Crippen LogP contribution in [-0.2, 0) is 11.2 Å². The summed E-state index contributed by atoms with van der Waals surface area (Å²) in [7, 11) is 3.17. The van der Waals surface area contributed by atoms with Crippen LogP contribution >= 0.6 is 22.7 Å². The van der Waals surface area contributed by atoms with E-state index in [4.69, 9.17) is 9.47 Å². The SMILES string of the molecule is COc1ccc(CCNC(=O)C(C#N)=Cc2cc(-c3cccs3)cs2)cc1OC. The Morgan fingerprint density at radius 2 is 2.00 bits per heavy atom. The molecule has 0 bridgehead atoms. The summed E-state index contributed by atoms with van der Waals surface area (Å²) in [5.41, 5.74) is 2.20. The second-order valence-corrected chi connectivity index (χ2v) is 7.97. The summed E-state index contributed by atoms with van der Waals surface area (Å²) >= 11 is 3.17. The molecule has 148 valence electrons. The number of hydrogen-bond donors (Lipinski definition) is 1. The molecule has 0 aliphatic rings. The summed E-state index contributed by atoms with van der Waals surface area (Å²) in [5.74, 6) is 0.931. The van der Waals surface area contributed by atoms with Crippen LogP contribution in [0.3, 0.4) is 0 Å². The van der Waals surface area contributed by atoms with Crippen LogP contribution < -0.4 is 14.8 Å². The van der Waals surface area contributed by atoms with Crippen molar-refractivity contribution in [3.8, 4) is 28.0 Å². The van der Waals surface area contributed by atoms with Gasteiger partial charge in [-0.25, -0.2) is 0 Å². The van der Waals surface area contributed by atoms with Gasteiger partial charge in [-0.2, -0.15) is 5.26 Å². The van der Waals surface area contributed by atoms with Crippen molar-refractivity contribution in [1.29, 1.82) is 5.26 Å². The molecule has 0 aliphatic carbocycles. The Hall–Kier alpha value is -3.08. The van der Waals surface area contributed by atoms with Crippen LogP contribution in [0.1, 0.15) is 10.4 Å². The first-order valence-electron chi connectivity index (χ1n) is 8.88. The Balaban J connectivity index is 1.60. The van der Waals surface area contributed by atoms with Crippen molar-refractivity contribution >= 4 is 34.7 Å². The Morgan fingerprint density at radius 1 is 1.17 bits per heavy atom. The largest absolute Gasteiger partial charge is 0.493 e. The zero-order valence-electron chi connectivity index (χ0n) is 16.1. The predicted octanol–water partition coefficient (Wildman–Crippen LogP) is 4.76. The highest BCUT2D eigenvalue weighted by molar-refractivity contribution is 7.15. The molecule has 0 unspecified atom stereocenters. The van der Waals surface area contributed by atoms with Crippen molar-refractivity contribution in [2.24, 2.45) is 0 Å². The summed E-state index contributed by atoms with van der Waals surface area (Å²) in [6.45, 7) is 0.415. The molecule has 5 nitrogen and oxygen atoms in total. The maximum absolute atomic E-state index is 12.4. The number of rotatable bonds is 8. The lowest BCUT2D eigenvalue weighted by molar-refractivity contribution is -0.117. The van der Waals surface area contributed by atoms with E-state index in [9.17, 15) is 10.1 Å². The number of amides is 1. The first-order valence-corrected chi connectivity index (χ1v) is 10.6. The molecule has 29 heavy (non-hydrogen) atoms. The van der Waals surface area contributed by atoms with Crippen molar-refractivity contribution in [1.82, 2.24) is 5.32 Å². The van der Waals surface area contributed by atoms with Crippen molar-refractivity contribution in [3.05, 3.63) is 63.2 Å². The second-order valence-electron chi connectivity index (χ2n) is 6.08. The maximum Gasteiger partial charge on any atom is 0.261 e. The summed E-state index contributed by atoms with van der Waals surface area (Å²) in [5, 5.41) is 16.2. The minimum atomic E-state index is -0.376. The molecule has 0 spiro atoms. The van der Waals surface area contributed by atoms with Gasteiger partial charge in [0.25, 0.3) is 5.91 Å². The molecule has 2 heterocycles. The van der Waals surface area contributed by atoms with Gasteiger partial charge in [-0.15, -0.1) is 22.7 Å². The van der Waals surface area contributed by atoms with Crippen LogP contribution in [0.25, 0.3) is 16.5 Å². The van der Waals surface area contributed by atoms with Gasteiger partial charge in [0.2, 0.25) is 0 Å². The number of nitriles is 1. The number of thiophene rings is 2. The van der Waals surface area contributed by atoms with Crippen LogP contribution in [0.2, 0.25) is 0 Å². The zero-order valence-corrected chi connectivity index (χ0v) is 17.7. The average Bonchev–Trinajstić information content (AvgIpc) is 3.43. The standard InChI is InChI=1S/C22H20N2O3S2/c1-26-19-6-5-15(10-20(19)27-2)7-8-24-22(25)16(13-23)11-18-12-17(14-29-18)21-4-3-9-28-21/h3-6,9-12,14H,7-8H2,1-2H3,(H,24,25). The fourth-order valence-electron chi connectivity index (χ4n) is 2.74. The molecule has 1 aromatic carbocycles. The molecule has 1 N–H and O–H groups in total. The van der Waals surface area contributed by atoms with Gasteiger partial charge in [0.15, 0.2) is 11.5 Å². The van der Waals surface area contributed by atoms with Crippen molar-refractivity contribution in [2.75, 3.05) is 20.8 Å². The maximum atomic E-state index is 12.4. The summed E-state index contributed by atoms with van der Waals surface area (Å²) in [6, 6.07) is 13.7. The molecular formula is C22H20N2O3S2. The number of carbonyl (C=O) groups excluding carboxylic acids is 1. The topological polar surface area (TPSA) is 71.3 Å². The van der Waals surface area contributed by atoms with E-state index in [1.54, 1.807) is 31.6 Å². The van der Waals surface area contributed by atoms with E-state index in [1.807, 2.05) is 53.2 Å². The number of nitrogens with zero attached hydrogens (tertiary/aromatic N) is 1. The van der Waals surface area contributed by atoms with Crippen molar-refractivity contribution in [3.63, 3.8) is 0 Å². The molecular weight excluding hydrogens is 404 g/mol. The second kappa shape index (κ2) is 9.92. The number of benzene rings is 1. The van der Waals surface area contributed by atoms with E-state index >= 15 is 0 Å². The van der Waals surface area contributed by atoms with E-state index in [0.29, 0.717) is 24.5 Å². The Kier molecular flexibility index (Phi) is 7.06. The zero-order chi connectivity index (χ0) is 20.6. The Bertz CT molecular complexity index is 1050. The molecule has 0 saturated carbocycles. The average molecular weight is 425 g/mol. The molecule has 0 aliphatic heterocycles. The highest BCUT2D eigenvalue weighted by Gasteiger charge is 2.11. The predicted molar refractivity (Wildman–Crippen MR) is 117 cm³/mol. The van der Waals surface area contributed by atoms with Gasteiger partial charge in [0.1, 0.15) is 11.6 Å². The molecule has 1 amide bonds. The number of carbonyl (C=O) groups is 1. The quantitative estimate of drug-likeness (QED) is 0.418. The monoisotopic (exact) mass is 424 g/mol. The molecule has 2 aromatic heterocycles. The summed E-state index contributed by atoms with van der Waals surface area (Å²) < 4.78 is 10.5. The normalized spacial score (nSPS) is 11.0. The lowest BCUT2D eigenvalue weighted by Gasteiger charge is -2.10. The number of hydrogen-bond acceptors (Lipinski definition) is 6. The summed E-state index contributed by atoms with van der Waals surface area (Å²) in [4.78, 5) is 14.4. The van der Waals surface area contributed by atoms with Crippen LogP contribution in [0.15, 0.2) is 52.7 Å². The minimum Gasteiger partial charge on any atom is -0.493 e. The van der Waals surface area contributed by atoms with Crippen LogP contribution in [-0.4, -0.2) is 26.7 Å². The van der Waals surface area contributed by atoms with Crippen LogP contribution in [0.4, 0.5) is 0 Å². The van der Waals surface area contributed by atoms with Gasteiger partial charge in [0.05, 0.1) is 14.2 Å². The van der Waals surface area contributed by atoms with E-state index in [2.05, 4.69) is 5.32 Å². The lowest BCUT2D eigenvalue weighted by atomic mass is 10.1. The number of ether oxygens (including phenoxy) is 2. The molecule has 0 fully saturated rings. The van der Waals surface area contributed by atoms with Gasteiger partial charge in [0, 0.05) is 21.9 Å². The van der Waals surface area contributed by atoms with Gasteiger partial charge < -0.3 is 14.8 Å². The summed E-state index contributed by atoms with van der Waals surface area (Å²) in [6.07, 6.45) is 2.25. The highest BCUT2D eigenvalue weighted by Crippen LogP contribution is 2.30. The third kappa shape index (κ3) is 5.25. The number of methoxy groups -OCH3 is 2. The Labute approximate surface area is 177 Å². The first-order chi connectivity index (χ1) is 14.1. The Morgan fingerprint density at radius 3 is 2.69 bits per heavy atom. The third-order valence-corrected chi connectivity index (χ3v) is 6.02. The van der Waals surface area contributed by atoms with E-state index in [1.165, 1.54) is 16.2 Å². The fourth-order valence-corrected chi connectivity index (χ4v) is 4.37. The van der Waals surface area contributed by atoms with E-state index in [-0.39, 0.29) is 11.5 Å². The van der Waals surface area contributed by atoms with Gasteiger partial charge in [-0.3, -0.25) is 4.79 Å². The molecule has 0 radical (unpaired) electrons. The molecule has 3 aromatic rings. The minimum absolute atomic E-state index is 0.0943. The fraction of sp³-hybridized carbons (Fsp3) is 0.182. The highest BCUT2D eigenvalue weighted by atomic mass is 32.1. The third-order valence-electron chi connectivity index (χ3n) is 4.22. The molecule has 7 heteroatoms. The molecule has 0 saturated heterocycles. The van der Waals surface area contributed by atoms with Crippen molar-refractivity contribution < 1.29 is 14.3 Å². The molecule has 3 rings (SSSR count). The smallest absolute Gasteiger partial charge is 0.261 e. The first kappa shape index (κ1) is 20.6. The van der Waals surface area contributed by atoms with E-state index in [0.717, 1.165) is 16.0 Å². The van der Waals surface area contributed by atoms with Gasteiger partial charge >= 0.3 is 0 Å². The lowest BCUT2D eigenvalue weighted by Crippen LogP contribution is -2.26. The van der Waals surface area contributed by atoms with Crippen LogP contribution in [0.5, 0.6) is 11.5 Å².